The molecule has 0 aliphatic carbocycles. The Morgan fingerprint density at radius 2 is 2.14 bits per heavy atom. The van der Waals surface area contributed by atoms with E-state index in [0.717, 1.165) is 18.1 Å². The van der Waals surface area contributed by atoms with Crippen molar-refractivity contribution in [3.63, 3.8) is 0 Å². The summed E-state index contributed by atoms with van der Waals surface area (Å²) in [4.78, 5) is 6.73. The van der Waals surface area contributed by atoms with E-state index in [4.69, 9.17) is 0 Å². The standard InChI is InChI=1S/C11H19N3/c1-9(2)14(4)8-10-6-5-7-11(12-3)13-10/h5-7,9H,8H2,1-4H3,(H,12,13). The van der Waals surface area contributed by atoms with Crippen molar-refractivity contribution in [3.05, 3.63) is 23.9 Å². The Balaban J connectivity index is 2.66. The van der Waals surface area contributed by atoms with E-state index in [-0.39, 0.29) is 0 Å². The lowest BCUT2D eigenvalue weighted by atomic mass is 10.3. The molecule has 0 radical (unpaired) electrons. The van der Waals surface area contributed by atoms with Gasteiger partial charge >= 0.3 is 0 Å². The summed E-state index contributed by atoms with van der Waals surface area (Å²) in [6, 6.07) is 6.61. The van der Waals surface area contributed by atoms with Gasteiger partial charge in [-0.25, -0.2) is 4.98 Å². The molecule has 0 atom stereocenters. The smallest absolute Gasteiger partial charge is 0.126 e. The molecule has 1 N–H and O–H groups in total. The second-order valence-corrected chi connectivity index (χ2v) is 3.77. The number of anilines is 1. The summed E-state index contributed by atoms with van der Waals surface area (Å²) >= 11 is 0. The number of rotatable bonds is 4. The Bertz CT molecular complexity index is 284. The second-order valence-electron chi connectivity index (χ2n) is 3.77. The SMILES string of the molecule is CNc1cccc(CN(C)C(C)C)n1. The summed E-state index contributed by atoms with van der Waals surface area (Å²) < 4.78 is 0. The molecule has 0 saturated carbocycles. The van der Waals surface area contributed by atoms with Crippen molar-refractivity contribution < 1.29 is 0 Å². The summed E-state index contributed by atoms with van der Waals surface area (Å²) in [6.07, 6.45) is 0. The number of hydrogen-bond acceptors (Lipinski definition) is 3. The number of aromatic nitrogens is 1. The first kappa shape index (κ1) is 11.0. The van der Waals surface area contributed by atoms with E-state index in [1.165, 1.54) is 0 Å². The van der Waals surface area contributed by atoms with Crippen LogP contribution in [0.4, 0.5) is 5.82 Å². The first-order valence-corrected chi connectivity index (χ1v) is 4.97. The first-order chi connectivity index (χ1) is 6.63. The van der Waals surface area contributed by atoms with Crippen LogP contribution in [0.1, 0.15) is 19.5 Å². The van der Waals surface area contributed by atoms with Crippen molar-refractivity contribution in [2.24, 2.45) is 0 Å². The van der Waals surface area contributed by atoms with Crippen LogP contribution in [0.2, 0.25) is 0 Å². The number of pyridine rings is 1. The third-order valence-electron chi connectivity index (χ3n) is 2.36. The highest BCUT2D eigenvalue weighted by Gasteiger charge is 2.04. The Morgan fingerprint density at radius 3 is 2.71 bits per heavy atom. The summed E-state index contributed by atoms with van der Waals surface area (Å²) in [5.74, 6) is 0.930. The molecule has 1 aromatic rings. The quantitative estimate of drug-likeness (QED) is 0.792. The van der Waals surface area contributed by atoms with Gasteiger partial charge in [-0.3, -0.25) is 4.90 Å². The molecule has 0 bridgehead atoms. The van der Waals surface area contributed by atoms with Crippen molar-refractivity contribution in [2.75, 3.05) is 19.4 Å². The fraction of sp³-hybridized carbons (Fsp3) is 0.545. The third kappa shape index (κ3) is 3.00. The van der Waals surface area contributed by atoms with E-state index >= 15 is 0 Å². The van der Waals surface area contributed by atoms with Crippen LogP contribution in [0.25, 0.3) is 0 Å². The lowest BCUT2D eigenvalue weighted by Crippen LogP contribution is -2.26. The van der Waals surface area contributed by atoms with Crippen LogP contribution in [0, 0.1) is 0 Å². The molecule has 14 heavy (non-hydrogen) atoms. The van der Waals surface area contributed by atoms with Gasteiger partial charge in [0, 0.05) is 19.6 Å². The summed E-state index contributed by atoms with van der Waals surface area (Å²) in [6.45, 7) is 5.26. The fourth-order valence-electron chi connectivity index (χ4n) is 1.14. The molecular weight excluding hydrogens is 174 g/mol. The van der Waals surface area contributed by atoms with Crippen molar-refractivity contribution in [1.29, 1.82) is 0 Å². The molecule has 0 amide bonds. The van der Waals surface area contributed by atoms with Crippen LogP contribution >= 0.6 is 0 Å². The van der Waals surface area contributed by atoms with E-state index in [2.05, 4.69) is 42.2 Å². The molecule has 1 heterocycles. The maximum absolute atomic E-state index is 4.46. The maximum Gasteiger partial charge on any atom is 0.126 e. The van der Waals surface area contributed by atoms with Crippen LogP contribution < -0.4 is 5.32 Å². The molecular formula is C11H19N3. The minimum absolute atomic E-state index is 0.551. The highest BCUT2D eigenvalue weighted by atomic mass is 15.1. The lowest BCUT2D eigenvalue weighted by Gasteiger charge is -2.20. The molecule has 3 nitrogen and oxygen atoms in total. The molecule has 78 valence electrons. The van der Waals surface area contributed by atoms with E-state index in [0.29, 0.717) is 6.04 Å². The van der Waals surface area contributed by atoms with Crippen LogP contribution in [0.3, 0.4) is 0 Å². The zero-order valence-electron chi connectivity index (χ0n) is 9.41. The minimum Gasteiger partial charge on any atom is -0.373 e. The summed E-state index contributed by atoms with van der Waals surface area (Å²) in [5.41, 5.74) is 1.10. The molecule has 0 aliphatic heterocycles. The van der Waals surface area contributed by atoms with Gasteiger partial charge in [-0.1, -0.05) is 6.07 Å². The fourth-order valence-corrected chi connectivity index (χ4v) is 1.14. The molecule has 0 saturated heterocycles. The van der Waals surface area contributed by atoms with E-state index in [1.807, 2.05) is 19.2 Å². The summed E-state index contributed by atoms with van der Waals surface area (Å²) in [7, 11) is 4.00. The van der Waals surface area contributed by atoms with E-state index < -0.39 is 0 Å². The molecule has 1 aromatic heterocycles. The van der Waals surface area contributed by atoms with Gasteiger partial charge in [-0.05, 0) is 33.0 Å². The van der Waals surface area contributed by atoms with E-state index in [9.17, 15) is 0 Å². The van der Waals surface area contributed by atoms with Crippen LogP contribution in [0.5, 0.6) is 0 Å². The van der Waals surface area contributed by atoms with Gasteiger partial charge in [0.2, 0.25) is 0 Å². The van der Waals surface area contributed by atoms with Crippen molar-refractivity contribution >= 4 is 5.82 Å². The van der Waals surface area contributed by atoms with E-state index in [1.54, 1.807) is 0 Å². The lowest BCUT2D eigenvalue weighted by molar-refractivity contribution is 0.263. The second kappa shape index (κ2) is 4.96. The molecule has 0 aromatic carbocycles. The Hall–Kier alpha value is -1.09. The predicted molar refractivity (Wildman–Crippen MR) is 60.4 cm³/mol. The largest absolute Gasteiger partial charge is 0.373 e. The highest BCUT2D eigenvalue weighted by molar-refractivity contribution is 5.34. The molecule has 0 spiro atoms. The topological polar surface area (TPSA) is 28.2 Å². The Kier molecular flexibility index (Phi) is 3.89. The highest BCUT2D eigenvalue weighted by Crippen LogP contribution is 2.07. The monoisotopic (exact) mass is 193 g/mol. The minimum atomic E-state index is 0.551. The van der Waals surface area contributed by atoms with Crippen LogP contribution in [-0.2, 0) is 6.54 Å². The average molecular weight is 193 g/mol. The summed E-state index contributed by atoms with van der Waals surface area (Å²) in [5, 5.41) is 3.04. The molecule has 3 heteroatoms. The molecule has 0 unspecified atom stereocenters. The normalized spacial score (nSPS) is 11.0. The zero-order chi connectivity index (χ0) is 10.6. The Labute approximate surface area is 86.2 Å². The Morgan fingerprint density at radius 1 is 1.43 bits per heavy atom. The first-order valence-electron chi connectivity index (χ1n) is 4.97. The maximum atomic E-state index is 4.46. The van der Waals surface area contributed by atoms with Gasteiger partial charge in [0.25, 0.3) is 0 Å². The number of nitrogens with one attached hydrogen (secondary N) is 1. The van der Waals surface area contributed by atoms with Gasteiger partial charge in [-0.2, -0.15) is 0 Å². The molecule has 0 aliphatic rings. The van der Waals surface area contributed by atoms with Gasteiger partial charge in [0.15, 0.2) is 0 Å². The van der Waals surface area contributed by atoms with Crippen LogP contribution in [-0.4, -0.2) is 30.0 Å². The van der Waals surface area contributed by atoms with Gasteiger partial charge in [0.1, 0.15) is 5.82 Å². The predicted octanol–water partition coefficient (Wildman–Crippen LogP) is 1.96. The van der Waals surface area contributed by atoms with Crippen molar-refractivity contribution in [3.8, 4) is 0 Å². The van der Waals surface area contributed by atoms with Crippen molar-refractivity contribution in [1.82, 2.24) is 9.88 Å². The average Bonchev–Trinajstić information content (AvgIpc) is 2.18. The third-order valence-corrected chi connectivity index (χ3v) is 2.36. The zero-order valence-corrected chi connectivity index (χ0v) is 9.41. The van der Waals surface area contributed by atoms with Gasteiger partial charge in [-0.15, -0.1) is 0 Å². The van der Waals surface area contributed by atoms with Crippen LogP contribution in [0.15, 0.2) is 18.2 Å². The van der Waals surface area contributed by atoms with Gasteiger partial charge in [0.05, 0.1) is 5.69 Å². The molecule has 0 fully saturated rings. The number of nitrogens with zero attached hydrogens (tertiary/aromatic N) is 2. The van der Waals surface area contributed by atoms with Crippen molar-refractivity contribution in [2.45, 2.75) is 26.4 Å². The van der Waals surface area contributed by atoms with Gasteiger partial charge < -0.3 is 5.32 Å². The number of hydrogen-bond donors (Lipinski definition) is 1. The molecule has 1 rings (SSSR count).